The molecule has 0 aliphatic rings. The molecule has 1 heteroatoms. The van der Waals surface area contributed by atoms with Gasteiger partial charge in [-0.1, -0.05) is 88.3 Å². The van der Waals surface area contributed by atoms with Crippen LogP contribution in [0, 0.1) is 0 Å². The van der Waals surface area contributed by atoms with E-state index in [1.807, 2.05) is 6.07 Å². The Morgan fingerprint density at radius 1 is 0.682 bits per heavy atom. The maximum absolute atomic E-state index is 4.80. The number of hydrogen-bond acceptors (Lipinski definition) is 1. The van der Waals surface area contributed by atoms with Crippen LogP contribution < -0.4 is 0 Å². The predicted octanol–water partition coefficient (Wildman–Crippen LogP) is 6.43. The summed E-state index contributed by atoms with van der Waals surface area (Å²) >= 11 is 0. The maximum atomic E-state index is 4.80. The first-order valence-corrected chi connectivity index (χ1v) is 8.91. The summed E-state index contributed by atoms with van der Waals surface area (Å²) in [6.45, 7) is 2.27. The monoisotopic (exact) mass is 295 g/mol. The zero-order valence-corrected chi connectivity index (χ0v) is 13.9. The average Bonchev–Trinajstić information content (AvgIpc) is 2.58. The van der Waals surface area contributed by atoms with Gasteiger partial charge in [0.25, 0.3) is 0 Å². The minimum absolute atomic E-state index is 1.10. The maximum Gasteiger partial charge on any atom is 0.0705 e. The first kappa shape index (κ1) is 16.7. The van der Waals surface area contributed by atoms with Crippen molar-refractivity contribution in [3.8, 4) is 11.3 Å². The van der Waals surface area contributed by atoms with Crippen LogP contribution in [0.1, 0.15) is 64.0 Å². The van der Waals surface area contributed by atoms with Crippen molar-refractivity contribution in [3.05, 3.63) is 54.2 Å². The third-order valence-corrected chi connectivity index (χ3v) is 4.16. The summed E-state index contributed by atoms with van der Waals surface area (Å²) in [6.07, 6.45) is 12.0. The first-order valence-electron chi connectivity index (χ1n) is 8.91. The van der Waals surface area contributed by atoms with Crippen LogP contribution in [-0.2, 0) is 6.42 Å². The zero-order valence-electron chi connectivity index (χ0n) is 13.9. The fraction of sp³-hybridized carbons (Fsp3) is 0.476. The lowest BCUT2D eigenvalue weighted by atomic mass is 10.1. The van der Waals surface area contributed by atoms with Crippen LogP contribution in [0.2, 0.25) is 0 Å². The van der Waals surface area contributed by atoms with Crippen molar-refractivity contribution >= 4 is 0 Å². The minimum atomic E-state index is 1.10. The van der Waals surface area contributed by atoms with Gasteiger partial charge in [-0.05, 0) is 25.0 Å². The third kappa shape index (κ3) is 6.01. The van der Waals surface area contributed by atoms with Gasteiger partial charge in [0.05, 0.1) is 5.69 Å². The summed E-state index contributed by atoms with van der Waals surface area (Å²) in [4.78, 5) is 4.80. The molecule has 0 bridgehead atoms. The normalized spacial score (nSPS) is 10.8. The van der Waals surface area contributed by atoms with Gasteiger partial charge in [0.1, 0.15) is 0 Å². The Balaban J connectivity index is 1.70. The van der Waals surface area contributed by atoms with E-state index in [-0.39, 0.29) is 0 Å². The molecular formula is C21H29N. The fourth-order valence-corrected chi connectivity index (χ4v) is 2.83. The number of benzene rings is 1. The van der Waals surface area contributed by atoms with Crippen LogP contribution in [0.25, 0.3) is 11.3 Å². The highest BCUT2D eigenvalue weighted by atomic mass is 14.7. The van der Waals surface area contributed by atoms with Crippen LogP contribution in [0.5, 0.6) is 0 Å². The Morgan fingerprint density at radius 3 is 2.09 bits per heavy atom. The molecule has 1 nitrogen and oxygen atoms in total. The molecule has 1 aromatic heterocycles. The van der Waals surface area contributed by atoms with Crippen molar-refractivity contribution in [1.29, 1.82) is 0 Å². The largest absolute Gasteiger partial charge is 0.253 e. The second-order valence-corrected chi connectivity index (χ2v) is 6.11. The third-order valence-electron chi connectivity index (χ3n) is 4.16. The molecule has 0 N–H and O–H groups in total. The number of aromatic nitrogens is 1. The molecule has 1 heterocycles. The molecule has 0 aliphatic heterocycles. The molecule has 118 valence electrons. The number of hydrogen-bond donors (Lipinski definition) is 0. The standard InChI is InChI=1S/C21H29N/c1-2-3-4-5-6-7-8-12-16-20-17-13-18-21(22-20)19-14-10-9-11-15-19/h9-11,13-15,17-18H,2-8,12,16H2,1H3. The second kappa shape index (κ2) is 10.2. The molecule has 22 heavy (non-hydrogen) atoms. The molecule has 0 spiro atoms. The van der Waals surface area contributed by atoms with E-state index < -0.39 is 0 Å². The molecule has 0 unspecified atom stereocenters. The second-order valence-electron chi connectivity index (χ2n) is 6.11. The summed E-state index contributed by atoms with van der Waals surface area (Å²) in [7, 11) is 0. The highest BCUT2D eigenvalue weighted by Gasteiger charge is 2.00. The van der Waals surface area contributed by atoms with Crippen LogP contribution >= 0.6 is 0 Å². The predicted molar refractivity (Wildman–Crippen MR) is 96.0 cm³/mol. The SMILES string of the molecule is CCCCCCCCCCc1cccc(-c2ccccc2)n1. The molecule has 0 atom stereocenters. The van der Waals surface area contributed by atoms with Crippen LogP contribution in [0.4, 0.5) is 0 Å². The molecular weight excluding hydrogens is 266 g/mol. The Labute approximate surface area is 135 Å². The molecule has 0 fully saturated rings. The van der Waals surface area contributed by atoms with E-state index in [0.717, 1.165) is 12.1 Å². The highest BCUT2D eigenvalue weighted by Crippen LogP contribution is 2.17. The summed E-state index contributed by atoms with van der Waals surface area (Å²) in [5.74, 6) is 0. The number of rotatable bonds is 10. The molecule has 0 amide bonds. The summed E-state index contributed by atoms with van der Waals surface area (Å²) in [5, 5.41) is 0. The van der Waals surface area contributed by atoms with E-state index in [2.05, 4.69) is 49.4 Å². The van der Waals surface area contributed by atoms with Crippen molar-refractivity contribution in [1.82, 2.24) is 4.98 Å². The molecule has 1 aromatic carbocycles. The highest BCUT2D eigenvalue weighted by molar-refractivity contribution is 5.58. The molecule has 2 rings (SSSR count). The lowest BCUT2D eigenvalue weighted by molar-refractivity contribution is 0.574. The van der Waals surface area contributed by atoms with E-state index in [1.165, 1.54) is 62.6 Å². The van der Waals surface area contributed by atoms with Gasteiger partial charge < -0.3 is 0 Å². The minimum Gasteiger partial charge on any atom is -0.253 e. The van der Waals surface area contributed by atoms with E-state index in [0.29, 0.717) is 0 Å². The van der Waals surface area contributed by atoms with Gasteiger partial charge in [0.15, 0.2) is 0 Å². The van der Waals surface area contributed by atoms with Crippen molar-refractivity contribution in [3.63, 3.8) is 0 Å². The smallest absolute Gasteiger partial charge is 0.0705 e. The van der Waals surface area contributed by atoms with Crippen molar-refractivity contribution in [2.45, 2.75) is 64.7 Å². The Bertz CT molecular complexity index is 518. The van der Waals surface area contributed by atoms with Gasteiger partial charge in [-0.25, -0.2) is 0 Å². The van der Waals surface area contributed by atoms with Gasteiger partial charge in [-0.15, -0.1) is 0 Å². The number of pyridine rings is 1. The number of aryl methyl sites for hydroxylation is 1. The topological polar surface area (TPSA) is 12.9 Å². The van der Waals surface area contributed by atoms with Crippen LogP contribution in [-0.4, -0.2) is 4.98 Å². The Kier molecular flexibility index (Phi) is 7.73. The zero-order chi connectivity index (χ0) is 15.5. The molecule has 0 radical (unpaired) electrons. The lowest BCUT2D eigenvalue weighted by Gasteiger charge is -2.05. The van der Waals surface area contributed by atoms with Crippen molar-refractivity contribution in [2.24, 2.45) is 0 Å². The van der Waals surface area contributed by atoms with Gasteiger partial charge >= 0.3 is 0 Å². The Morgan fingerprint density at radius 2 is 1.36 bits per heavy atom. The average molecular weight is 295 g/mol. The molecule has 0 saturated carbocycles. The molecule has 2 aromatic rings. The van der Waals surface area contributed by atoms with Gasteiger partial charge in [0.2, 0.25) is 0 Å². The summed E-state index contributed by atoms with van der Waals surface area (Å²) < 4.78 is 0. The van der Waals surface area contributed by atoms with Gasteiger partial charge in [-0.3, -0.25) is 4.98 Å². The summed E-state index contributed by atoms with van der Waals surface area (Å²) in [5.41, 5.74) is 3.53. The molecule has 0 saturated heterocycles. The number of unbranched alkanes of at least 4 members (excludes halogenated alkanes) is 7. The first-order chi connectivity index (χ1) is 10.9. The van der Waals surface area contributed by atoms with E-state index in [4.69, 9.17) is 4.98 Å². The van der Waals surface area contributed by atoms with Gasteiger partial charge in [-0.2, -0.15) is 0 Å². The fourth-order valence-electron chi connectivity index (χ4n) is 2.83. The summed E-state index contributed by atoms with van der Waals surface area (Å²) in [6, 6.07) is 16.8. The van der Waals surface area contributed by atoms with Crippen molar-refractivity contribution < 1.29 is 0 Å². The molecule has 0 aliphatic carbocycles. The van der Waals surface area contributed by atoms with E-state index in [1.54, 1.807) is 0 Å². The lowest BCUT2D eigenvalue weighted by Crippen LogP contribution is -1.93. The van der Waals surface area contributed by atoms with Crippen LogP contribution in [0.15, 0.2) is 48.5 Å². The van der Waals surface area contributed by atoms with E-state index >= 15 is 0 Å². The number of nitrogens with zero attached hydrogens (tertiary/aromatic N) is 1. The van der Waals surface area contributed by atoms with Crippen LogP contribution in [0.3, 0.4) is 0 Å². The van der Waals surface area contributed by atoms with E-state index in [9.17, 15) is 0 Å². The Hall–Kier alpha value is -1.63. The van der Waals surface area contributed by atoms with Crippen molar-refractivity contribution in [2.75, 3.05) is 0 Å². The quantitative estimate of drug-likeness (QED) is 0.460. The van der Waals surface area contributed by atoms with Gasteiger partial charge in [0, 0.05) is 11.3 Å².